The summed E-state index contributed by atoms with van der Waals surface area (Å²) in [4.78, 5) is 9.84. The summed E-state index contributed by atoms with van der Waals surface area (Å²) in [5, 5.41) is 3.43. The number of ether oxygens (including phenoxy) is 1. The standard InChI is InChI=1S/C16H20Si.C4H6O2/c1-16(2,3)17(14-10-6-4-7-11-14)15-12-8-5-9-13-15;1-3-4(5)6-2/h4-13,17H,1-3H3;3H,1H2,2H3. The van der Waals surface area contributed by atoms with Crippen LogP contribution >= 0.6 is 0 Å². The first-order chi connectivity index (χ1) is 10.9. The van der Waals surface area contributed by atoms with Gasteiger partial charge in [0.15, 0.2) is 0 Å². The molecule has 122 valence electrons. The molecule has 0 amide bonds. The van der Waals surface area contributed by atoms with Gasteiger partial charge < -0.3 is 4.74 Å². The van der Waals surface area contributed by atoms with E-state index in [0.29, 0.717) is 5.04 Å². The lowest BCUT2D eigenvalue weighted by molar-refractivity contribution is -0.134. The zero-order valence-electron chi connectivity index (χ0n) is 14.5. The highest BCUT2D eigenvalue weighted by Crippen LogP contribution is 2.26. The van der Waals surface area contributed by atoms with Gasteiger partial charge in [-0.15, -0.1) is 0 Å². The molecule has 0 aliphatic rings. The second-order valence-electron chi connectivity index (χ2n) is 6.35. The summed E-state index contributed by atoms with van der Waals surface area (Å²) in [5.41, 5.74) is 0. The van der Waals surface area contributed by atoms with Crippen molar-refractivity contribution < 1.29 is 9.53 Å². The molecular formula is C20H26O2Si. The van der Waals surface area contributed by atoms with E-state index in [4.69, 9.17) is 0 Å². The summed E-state index contributed by atoms with van der Waals surface area (Å²) in [6.45, 7) is 10.3. The zero-order valence-corrected chi connectivity index (χ0v) is 15.6. The van der Waals surface area contributed by atoms with Crippen molar-refractivity contribution in [3.63, 3.8) is 0 Å². The first-order valence-corrected chi connectivity index (χ1v) is 9.43. The molecule has 23 heavy (non-hydrogen) atoms. The van der Waals surface area contributed by atoms with E-state index in [1.807, 2.05) is 0 Å². The Morgan fingerprint density at radius 1 is 0.957 bits per heavy atom. The quantitative estimate of drug-likeness (QED) is 0.492. The largest absolute Gasteiger partial charge is 0.466 e. The van der Waals surface area contributed by atoms with Gasteiger partial charge in [0.2, 0.25) is 0 Å². The molecule has 2 rings (SSSR count). The van der Waals surface area contributed by atoms with Gasteiger partial charge in [-0.1, -0.05) is 98.4 Å². The van der Waals surface area contributed by atoms with Crippen molar-refractivity contribution in [3.8, 4) is 0 Å². The Morgan fingerprint density at radius 3 is 1.57 bits per heavy atom. The summed E-state index contributed by atoms with van der Waals surface area (Å²) in [6.07, 6.45) is 1.11. The molecule has 2 aromatic rings. The number of carbonyl (C=O) groups excluding carboxylic acids is 1. The van der Waals surface area contributed by atoms with Crippen molar-refractivity contribution in [2.24, 2.45) is 0 Å². The molecule has 0 atom stereocenters. The molecule has 2 nitrogen and oxygen atoms in total. The van der Waals surface area contributed by atoms with Crippen LogP contribution in [-0.2, 0) is 9.53 Å². The Balaban J connectivity index is 0.000000379. The van der Waals surface area contributed by atoms with Crippen LogP contribution in [0.2, 0.25) is 5.04 Å². The number of methoxy groups -OCH3 is 1. The van der Waals surface area contributed by atoms with E-state index >= 15 is 0 Å². The molecule has 0 unspecified atom stereocenters. The molecule has 0 saturated carbocycles. The van der Waals surface area contributed by atoms with Crippen molar-refractivity contribution in [1.29, 1.82) is 0 Å². The minimum atomic E-state index is -1.14. The number of esters is 1. The Bertz CT molecular complexity index is 561. The smallest absolute Gasteiger partial charge is 0.329 e. The first kappa shape index (κ1) is 18.9. The van der Waals surface area contributed by atoms with Crippen molar-refractivity contribution in [3.05, 3.63) is 73.3 Å². The van der Waals surface area contributed by atoms with E-state index in [9.17, 15) is 4.79 Å². The van der Waals surface area contributed by atoms with Crippen LogP contribution in [0.15, 0.2) is 73.3 Å². The number of hydrogen-bond acceptors (Lipinski definition) is 2. The van der Waals surface area contributed by atoms with Gasteiger partial charge in [0.25, 0.3) is 0 Å². The second kappa shape index (κ2) is 9.11. The van der Waals surface area contributed by atoms with Crippen LogP contribution in [0.4, 0.5) is 0 Å². The van der Waals surface area contributed by atoms with E-state index < -0.39 is 14.8 Å². The maximum absolute atomic E-state index is 9.84. The first-order valence-electron chi connectivity index (χ1n) is 7.70. The number of rotatable bonds is 3. The van der Waals surface area contributed by atoms with E-state index in [0.717, 1.165) is 6.08 Å². The molecule has 0 aromatic heterocycles. The molecule has 3 heteroatoms. The van der Waals surface area contributed by atoms with Crippen LogP contribution in [0.25, 0.3) is 0 Å². The van der Waals surface area contributed by atoms with E-state index in [1.54, 1.807) is 0 Å². The van der Waals surface area contributed by atoms with Gasteiger partial charge in [-0.3, -0.25) is 0 Å². The summed E-state index contributed by atoms with van der Waals surface area (Å²) in [6, 6.07) is 22.0. The predicted molar refractivity (Wildman–Crippen MR) is 101 cm³/mol. The summed E-state index contributed by atoms with van der Waals surface area (Å²) in [5.74, 6) is -0.394. The van der Waals surface area contributed by atoms with Gasteiger partial charge in [0, 0.05) is 6.08 Å². The van der Waals surface area contributed by atoms with Gasteiger partial charge in [-0.05, 0) is 5.04 Å². The van der Waals surface area contributed by atoms with E-state index in [1.165, 1.54) is 17.5 Å². The third-order valence-corrected chi connectivity index (χ3v) is 7.33. The lowest BCUT2D eigenvalue weighted by Crippen LogP contribution is -2.48. The van der Waals surface area contributed by atoms with Gasteiger partial charge in [0.1, 0.15) is 8.80 Å². The van der Waals surface area contributed by atoms with Crippen molar-refractivity contribution in [2.75, 3.05) is 7.11 Å². The van der Waals surface area contributed by atoms with Crippen LogP contribution in [0.5, 0.6) is 0 Å². The maximum atomic E-state index is 9.84. The van der Waals surface area contributed by atoms with Crippen LogP contribution in [0, 0.1) is 0 Å². The van der Waals surface area contributed by atoms with Gasteiger partial charge in [-0.2, -0.15) is 0 Å². The SMILES string of the molecule is C=CC(=O)OC.CC(C)(C)[SiH](c1ccccc1)c1ccccc1. The van der Waals surface area contributed by atoms with Gasteiger partial charge in [-0.25, -0.2) is 4.79 Å². The van der Waals surface area contributed by atoms with Crippen molar-refractivity contribution in [1.82, 2.24) is 0 Å². The zero-order chi connectivity index (χ0) is 17.3. The van der Waals surface area contributed by atoms with Crippen LogP contribution < -0.4 is 10.4 Å². The fourth-order valence-electron chi connectivity index (χ4n) is 2.57. The average Bonchev–Trinajstić information content (AvgIpc) is 2.55. The third-order valence-electron chi connectivity index (χ3n) is 3.50. The topological polar surface area (TPSA) is 26.3 Å². The van der Waals surface area contributed by atoms with E-state index in [-0.39, 0.29) is 0 Å². The van der Waals surface area contributed by atoms with Crippen LogP contribution in [0.3, 0.4) is 0 Å². The molecule has 0 radical (unpaired) electrons. The summed E-state index contributed by atoms with van der Waals surface area (Å²) < 4.78 is 4.14. The lowest BCUT2D eigenvalue weighted by Gasteiger charge is -2.30. The Kier molecular flexibility index (Phi) is 7.49. The second-order valence-corrected chi connectivity index (χ2v) is 10.3. The molecule has 0 spiro atoms. The third kappa shape index (κ3) is 6.25. The Hall–Kier alpha value is -2.13. The highest BCUT2D eigenvalue weighted by atomic mass is 28.3. The average molecular weight is 327 g/mol. The normalized spacial score (nSPS) is 10.5. The lowest BCUT2D eigenvalue weighted by atomic mass is 10.2. The predicted octanol–water partition coefficient (Wildman–Crippen LogP) is 3.17. The molecule has 0 fully saturated rings. The van der Waals surface area contributed by atoms with Gasteiger partial charge >= 0.3 is 5.97 Å². The molecule has 0 N–H and O–H groups in total. The molecule has 2 aromatic carbocycles. The van der Waals surface area contributed by atoms with E-state index in [2.05, 4.69) is 92.8 Å². The van der Waals surface area contributed by atoms with Crippen molar-refractivity contribution in [2.45, 2.75) is 25.8 Å². The van der Waals surface area contributed by atoms with Crippen molar-refractivity contribution >= 4 is 25.1 Å². The fourth-order valence-corrected chi connectivity index (χ4v) is 6.17. The summed E-state index contributed by atoms with van der Waals surface area (Å²) in [7, 11) is 0.171. The van der Waals surface area contributed by atoms with Crippen LogP contribution in [-0.4, -0.2) is 21.9 Å². The molecule has 0 heterocycles. The number of hydrogen-bond donors (Lipinski definition) is 0. The number of carbonyl (C=O) groups is 1. The molecule has 0 bridgehead atoms. The van der Waals surface area contributed by atoms with Crippen LogP contribution in [0.1, 0.15) is 20.8 Å². The number of benzene rings is 2. The minimum absolute atomic E-state index is 0.364. The highest BCUT2D eigenvalue weighted by molar-refractivity contribution is 6.87. The fraction of sp³-hybridized carbons (Fsp3) is 0.250. The highest BCUT2D eigenvalue weighted by Gasteiger charge is 2.29. The Labute approximate surface area is 141 Å². The minimum Gasteiger partial charge on any atom is -0.466 e. The molecule has 0 aliphatic heterocycles. The Morgan fingerprint density at radius 2 is 1.35 bits per heavy atom. The molecule has 0 aliphatic carbocycles. The van der Waals surface area contributed by atoms with Gasteiger partial charge in [0.05, 0.1) is 7.11 Å². The maximum Gasteiger partial charge on any atom is 0.329 e. The molecule has 0 saturated heterocycles. The molecular weight excluding hydrogens is 300 g/mol. The summed E-state index contributed by atoms with van der Waals surface area (Å²) >= 11 is 0. The monoisotopic (exact) mass is 326 g/mol.